The van der Waals surface area contributed by atoms with E-state index in [2.05, 4.69) is 16.7 Å². The molecule has 1 aliphatic heterocycles. The number of amides is 1. The molecule has 3 aromatic carbocycles. The topological polar surface area (TPSA) is 68.2 Å². The van der Waals surface area contributed by atoms with Crippen LogP contribution in [0.3, 0.4) is 0 Å². The fraction of sp³-hybridized carbons (Fsp3) is 0.375. The Kier molecular flexibility index (Phi) is 9.10. The highest BCUT2D eigenvalue weighted by Crippen LogP contribution is 2.52. The number of nitriles is 1. The maximum Gasteiger partial charge on any atom is 0.242 e. The van der Waals surface area contributed by atoms with E-state index in [0.717, 1.165) is 18.2 Å². The van der Waals surface area contributed by atoms with Crippen molar-refractivity contribution in [2.75, 3.05) is 19.4 Å². The van der Waals surface area contributed by atoms with Crippen LogP contribution in [0.1, 0.15) is 49.8 Å². The lowest BCUT2D eigenvalue weighted by Gasteiger charge is -2.37. The summed E-state index contributed by atoms with van der Waals surface area (Å²) in [7, 11) is 3.94. The molecule has 9 heteroatoms. The zero-order chi connectivity index (χ0) is 30.1. The molecule has 0 bridgehead atoms. The largest absolute Gasteiger partial charge is 0.325 e. The summed E-state index contributed by atoms with van der Waals surface area (Å²) in [6.07, 6.45) is 0.393. The second kappa shape index (κ2) is 12.1. The molecule has 4 rings (SSSR count). The number of hydrogen-bond donors (Lipinski definition) is 2. The van der Waals surface area contributed by atoms with E-state index in [1.165, 1.54) is 24.3 Å². The van der Waals surface area contributed by atoms with Crippen LogP contribution >= 0.6 is 23.2 Å². The molecule has 1 unspecified atom stereocenters. The molecule has 4 atom stereocenters. The normalized spacial score (nSPS) is 22.5. The zero-order valence-electron chi connectivity index (χ0n) is 23.7. The van der Waals surface area contributed by atoms with E-state index in [9.17, 15) is 10.1 Å². The van der Waals surface area contributed by atoms with Crippen LogP contribution in [0.5, 0.6) is 0 Å². The van der Waals surface area contributed by atoms with Crippen molar-refractivity contribution in [3.8, 4) is 6.07 Å². The van der Waals surface area contributed by atoms with E-state index < -0.39 is 41.0 Å². The van der Waals surface area contributed by atoms with Crippen molar-refractivity contribution in [2.24, 2.45) is 5.41 Å². The van der Waals surface area contributed by atoms with E-state index in [4.69, 9.17) is 23.2 Å². The van der Waals surface area contributed by atoms with Crippen molar-refractivity contribution < 1.29 is 13.6 Å². The van der Waals surface area contributed by atoms with Crippen molar-refractivity contribution in [3.05, 3.63) is 99.0 Å². The van der Waals surface area contributed by atoms with Gasteiger partial charge in [0.15, 0.2) is 0 Å². The highest BCUT2D eigenvalue weighted by molar-refractivity contribution is 6.31. The van der Waals surface area contributed by atoms with Crippen molar-refractivity contribution in [1.29, 1.82) is 5.26 Å². The average Bonchev–Trinajstić information content (AvgIpc) is 3.19. The fourth-order valence-electron chi connectivity index (χ4n) is 5.84. The molecule has 2 N–H and O–H groups in total. The summed E-state index contributed by atoms with van der Waals surface area (Å²) >= 11 is 12.3. The molecule has 1 fully saturated rings. The molecule has 1 aliphatic rings. The molecule has 0 saturated carbocycles. The first-order valence-electron chi connectivity index (χ1n) is 13.4. The summed E-state index contributed by atoms with van der Waals surface area (Å²) in [6, 6.07) is 16.5. The molecule has 1 saturated heterocycles. The summed E-state index contributed by atoms with van der Waals surface area (Å²) < 4.78 is 31.5. The molecule has 1 heterocycles. The number of rotatable bonds is 7. The van der Waals surface area contributed by atoms with E-state index in [1.807, 2.05) is 51.9 Å². The van der Waals surface area contributed by atoms with Crippen molar-refractivity contribution in [1.82, 2.24) is 10.2 Å². The molecule has 3 aromatic rings. The third-order valence-electron chi connectivity index (χ3n) is 7.45. The number of nitrogens with zero attached hydrogens (tertiary/aromatic N) is 2. The molecule has 1 amide bonds. The number of carbonyl (C=O) groups excluding carboxylic acids is 1. The van der Waals surface area contributed by atoms with Gasteiger partial charge in [0.25, 0.3) is 0 Å². The molecule has 5 nitrogen and oxygen atoms in total. The molecule has 41 heavy (non-hydrogen) atoms. The summed E-state index contributed by atoms with van der Waals surface area (Å²) in [5.74, 6) is -3.05. The smallest absolute Gasteiger partial charge is 0.242 e. The van der Waals surface area contributed by atoms with Crippen LogP contribution in [0.15, 0.2) is 60.7 Å². The Hall–Kier alpha value is -3.02. The monoisotopic (exact) mass is 598 g/mol. The first kappa shape index (κ1) is 30.9. The Morgan fingerprint density at radius 3 is 2.37 bits per heavy atom. The van der Waals surface area contributed by atoms with Crippen molar-refractivity contribution >= 4 is 34.8 Å². The maximum atomic E-state index is 15.8. The average molecular weight is 600 g/mol. The van der Waals surface area contributed by atoms with Gasteiger partial charge < -0.3 is 15.5 Å². The number of benzene rings is 3. The summed E-state index contributed by atoms with van der Waals surface area (Å²) in [6.45, 7) is 6.71. The minimum atomic E-state index is -1.68. The Bertz CT molecular complexity index is 1470. The van der Waals surface area contributed by atoms with Gasteiger partial charge in [0.2, 0.25) is 5.91 Å². The van der Waals surface area contributed by atoms with Gasteiger partial charge in [-0.05, 0) is 67.4 Å². The molecule has 216 valence electrons. The standard InChI is InChI=1S/C32H34Cl2F2N4O/c1-31(2,3)16-26-32(18-37,23-14-11-20(33)15-25(23)35)27(22-7-6-8-24(34)28(22)36)29(39-26)30(41)38-21-12-9-19(10-13-21)17-40(4)5/h6-15,26-27,29,39H,16-17H2,1-5H3,(H,38,41)/t26-,27?,29+,32-/m1/s1. The van der Waals surface area contributed by atoms with Gasteiger partial charge in [-0.25, -0.2) is 8.78 Å². The number of anilines is 1. The van der Waals surface area contributed by atoms with Gasteiger partial charge in [-0.1, -0.05) is 74.3 Å². The molecule has 0 spiro atoms. The van der Waals surface area contributed by atoms with E-state index >= 15 is 8.78 Å². The minimum Gasteiger partial charge on any atom is -0.325 e. The quantitative estimate of drug-likeness (QED) is 0.299. The van der Waals surface area contributed by atoms with Crippen LogP contribution in [-0.2, 0) is 16.8 Å². The molecular formula is C32H34Cl2F2N4O. The fourth-order valence-corrected chi connectivity index (χ4v) is 6.18. The molecule has 0 radical (unpaired) electrons. The van der Waals surface area contributed by atoms with Gasteiger partial charge in [0.05, 0.1) is 17.1 Å². The van der Waals surface area contributed by atoms with Gasteiger partial charge in [-0.15, -0.1) is 0 Å². The first-order chi connectivity index (χ1) is 19.3. The summed E-state index contributed by atoms with van der Waals surface area (Å²) in [4.78, 5) is 16.0. The highest BCUT2D eigenvalue weighted by atomic mass is 35.5. The minimum absolute atomic E-state index is 0.0406. The second-order valence-electron chi connectivity index (χ2n) is 12.1. The maximum absolute atomic E-state index is 15.8. The lowest BCUT2D eigenvalue weighted by Crippen LogP contribution is -2.45. The van der Waals surface area contributed by atoms with Gasteiger partial charge in [0.1, 0.15) is 17.0 Å². The number of carbonyl (C=O) groups is 1. The predicted molar refractivity (Wildman–Crippen MR) is 160 cm³/mol. The van der Waals surface area contributed by atoms with Crippen LogP contribution in [0, 0.1) is 28.4 Å². The predicted octanol–water partition coefficient (Wildman–Crippen LogP) is 7.29. The Morgan fingerprint density at radius 1 is 1.10 bits per heavy atom. The van der Waals surface area contributed by atoms with Gasteiger partial charge in [0, 0.05) is 34.8 Å². The van der Waals surface area contributed by atoms with Gasteiger partial charge in [-0.2, -0.15) is 5.26 Å². The number of hydrogen-bond acceptors (Lipinski definition) is 4. The van der Waals surface area contributed by atoms with Crippen LogP contribution in [0.25, 0.3) is 0 Å². The number of nitrogens with one attached hydrogen (secondary N) is 2. The summed E-state index contributed by atoms with van der Waals surface area (Å²) in [5, 5.41) is 17.2. The van der Waals surface area contributed by atoms with Crippen molar-refractivity contribution in [3.63, 3.8) is 0 Å². The molecular weight excluding hydrogens is 565 g/mol. The lowest BCUT2D eigenvalue weighted by atomic mass is 9.62. The zero-order valence-corrected chi connectivity index (χ0v) is 25.2. The van der Waals surface area contributed by atoms with Crippen molar-refractivity contribution in [2.45, 2.75) is 57.2 Å². The Morgan fingerprint density at radius 2 is 1.78 bits per heavy atom. The second-order valence-corrected chi connectivity index (χ2v) is 13.0. The third-order valence-corrected chi connectivity index (χ3v) is 7.98. The Balaban J connectivity index is 1.88. The lowest BCUT2D eigenvalue weighted by molar-refractivity contribution is -0.118. The summed E-state index contributed by atoms with van der Waals surface area (Å²) in [5.41, 5.74) is -0.293. The number of halogens is 4. The van der Waals surface area contributed by atoms with Crippen LogP contribution in [0.2, 0.25) is 10.0 Å². The SMILES string of the molecule is CN(C)Cc1ccc(NC(=O)[C@H]2N[C@H](CC(C)(C)C)[C@@](C#N)(c3ccc(Cl)cc3F)C2c2cccc(Cl)c2F)cc1. The van der Waals surface area contributed by atoms with Gasteiger partial charge in [-0.3, -0.25) is 4.79 Å². The first-order valence-corrected chi connectivity index (χ1v) is 14.1. The van der Waals surface area contributed by atoms with Gasteiger partial charge >= 0.3 is 0 Å². The third kappa shape index (κ3) is 6.42. The van der Waals surface area contributed by atoms with Crippen LogP contribution < -0.4 is 10.6 Å². The van der Waals surface area contributed by atoms with E-state index in [-0.39, 0.29) is 26.6 Å². The van der Waals surface area contributed by atoms with E-state index in [1.54, 1.807) is 18.2 Å². The molecule has 0 aliphatic carbocycles. The highest BCUT2D eigenvalue weighted by Gasteiger charge is 2.61. The Labute approximate surface area is 250 Å². The van der Waals surface area contributed by atoms with Crippen LogP contribution in [0.4, 0.5) is 14.5 Å². The molecule has 0 aromatic heterocycles. The van der Waals surface area contributed by atoms with Crippen LogP contribution in [-0.4, -0.2) is 37.0 Å². The van der Waals surface area contributed by atoms with E-state index in [0.29, 0.717) is 12.1 Å².